The fraction of sp³-hybridized carbons (Fsp3) is 0.500. The largest absolute Gasteiger partial charge is 0.258 e. The van der Waals surface area contributed by atoms with Gasteiger partial charge < -0.3 is 0 Å². The van der Waals surface area contributed by atoms with Crippen LogP contribution in [0.5, 0.6) is 0 Å². The fourth-order valence-electron chi connectivity index (χ4n) is 1.94. The smallest absolute Gasteiger partial charge is 0.145 e. The molecule has 1 heterocycles. The lowest BCUT2D eigenvalue weighted by Gasteiger charge is -2.40. The molecule has 1 fully saturated rings. The minimum Gasteiger partial charge on any atom is -0.258 e. The molecule has 0 amide bonds. The van der Waals surface area contributed by atoms with Gasteiger partial charge in [0.05, 0.1) is 5.69 Å². The monoisotopic (exact) mass is 183 g/mol. The van der Waals surface area contributed by atoms with Crippen LogP contribution in [0, 0.1) is 5.82 Å². The van der Waals surface area contributed by atoms with E-state index in [0.717, 1.165) is 0 Å². The van der Waals surface area contributed by atoms with Crippen molar-refractivity contribution < 1.29 is 8.78 Å². The summed E-state index contributed by atoms with van der Waals surface area (Å²) in [6.07, 6.45) is 1.54. The third kappa shape index (κ3) is 1.32. The minimum absolute atomic E-state index is 0.322. The van der Waals surface area contributed by atoms with E-state index in [9.17, 15) is 8.78 Å². The van der Waals surface area contributed by atoms with Gasteiger partial charge in [0.2, 0.25) is 0 Å². The fourth-order valence-corrected chi connectivity index (χ4v) is 1.94. The summed E-state index contributed by atoms with van der Waals surface area (Å²) in [6, 6.07) is 2.92. The van der Waals surface area contributed by atoms with Gasteiger partial charge in [-0.15, -0.1) is 0 Å². The normalized spacial score (nSPS) is 32.7. The molecular weight excluding hydrogens is 172 g/mol. The number of pyridine rings is 1. The lowest BCUT2D eigenvalue weighted by molar-refractivity contribution is 0.101. The molecule has 0 N–H and O–H groups in total. The quantitative estimate of drug-likeness (QED) is 0.652. The first-order valence-electron chi connectivity index (χ1n) is 4.37. The van der Waals surface area contributed by atoms with Gasteiger partial charge in [0.1, 0.15) is 12.0 Å². The Morgan fingerprint density at radius 3 is 2.77 bits per heavy atom. The number of hydrogen-bond donors (Lipinski definition) is 0. The van der Waals surface area contributed by atoms with Crippen LogP contribution in [-0.4, -0.2) is 11.2 Å². The summed E-state index contributed by atoms with van der Waals surface area (Å²) in [5, 5.41) is 0. The first kappa shape index (κ1) is 8.60. The summed E-state index contributed by atoms with van der Waals surface area (Å²) in [4.78, 5) is 3.96. The molecular formula is C10H11F2N. The first-order chi connectivity index (χ1) is 6.12. The maximum absolute atomic E-state index is 13.2. The van der Waals surface area contributed by atoms with Crippen LogP contribution >= 0.6 is 0 Å². The highest BCUT2D eigenvalue weighted by Crippen LogP contribution is 2.44. The maximum Gasteiger partial charge on any atom is 0.145 e. The Bertz CT molecular complexity index is 318. The van der Waals surface area contributed by atoms with Gasteiger partial charge in [0.25, 0.3) is 0 Å². The van der Waals surface area contributed by atoms with Crippen LogP contribution in [0.1, 0.15) is 25.5 Å². The standard InChI is InChI=1S/C10H11F2N/c1-10(5-7(11)6-10)9-8(12)3-2-4-13-9/h2-4,7H,5-6H2,1H3. The zero-order valence-electron chi connectivity index (χ0n) is 7.43. The second kappa shape index (κ2) is 2.76. The Morgan fingerprint density at radius 2 is 2.23 bits per heavy atom. The second-order valence-electron chi connectivity index (χ2n) is 3.90. The van der Waals surface area contributed by atoms with Gasteiger partial charge in [-0.3, -0.25) is 4.98 Å². The van der Waals surface area contributed by atoms with Gasteiger partial charge in [0.15, 0.2) is 0 Å². The highest BCUT2D eigenvalue weighted by atomic mass is 19.1. The SMILES string of the molecule is CC1(c2ncccc2F)CC(F)C1. The average molecular weight is 183 g/mol. The van der Waals surface area contributed by atoms with Crippen molar-refractivity contribution in [2.24, 2.45) is 0 Å². The molecule has 13 heavy (non-hydrogen) atoms. The van der Waals surface area contributed by atoms with E-state index in [4.69, 9.17) is 0 Å². The molecule has 0 radical (unpaired) electrons. The summed E-state index contributed by atoms with van der Waals surface area (Å²) >= 11 is 0. The molecule has 2 rings (SSSR count). The van der Waals surface area contributed by atoms with Crippen molar-refractivity contribution in [1.29, 1.82) is 0 Å². The van der Waals surface area contributed by atoms with Crippen molar-refractivity contribution in [3.8, 4) is 0 Å². The summed E-state index contributed by atoms with van der Waals surface area (Å²) in [6.45, 7) is 1.86. The van der Waals surface area contributed by atoms with E-state index in [1.165, 1.54) is 6.07 Å². The molecule has 1 aliphatic rings. The van der Waals surface area contributed by atoms with Crippen molar-refractivity contribution in [1.82, 2.24) is 4.98 Å². The zero-order valence-corrected chi connectivity index (χ0v) is 7.43. The van der Waals surface area contributed by atoms with E-state index in [1.54, 1.807) is 12.3 Å². The topological polar surface area (TPSA) is 12.9 Å². The Morgan fingerprint density at radius 1 is 1.54 bits per heavy atom. The lowest BCUT2D eigenvalue weighted by atomic mass is 9.66. The highest BCUT2D eigenvalue weighted by Gasteiger charge is 2.44. The molecule has 1 nitrogen and oxygen atoms in total. The third-order valence-electron chi connectivity index (χ3n) is 2.67. The summed E-state index contributed by atoms with van der Waals surface area (Å²) in [5.41, 5.74) is 0.0222. The predicted octanol–water partition coefficient (Wildman–Crippen LogP) is 2.61. The number of rotatable bonds is 1. The average Bonchev–Trinajstić information content (AvgIpc) is 2.02. The van der Waals surface area contributed by atoms with Gasteiger partial charge >= 0.3 is 0 Å². The van der Waals surface area contributed by atoms with Crippen molar-refractivity contribution in [2.75, 3.05) is 0 Å². The van der Waals surface area contributed by atoms with Gasteiger partial charge in [0, 0.05) is 11.6 Å². The molecule has 1 saturated carbocycles. The summed E-state index contributed by atoms with van der Waals surface area (Å²) < 4.78 is 25.9. The third-order valence-corrected chi connectivity index (χ3v) is 2.67. The zero-order chi connectivity index (χ0) is 9.47. The van der Waals surface area contributed by atoms with Crippen LogP contribution in [0.15, 0.2) is 18.3 Å². The van der Waals surface area contributed by atoms with Gasteiger partial charge in [-0.2, -0.15) is 0 Å². The van der Waals surface area contributed by atoms with E-state index in [-0.39, 0.29) is 11.2 Å². The molecule has 1 aromatic heterocycles. The second-order valence-corrected chi connectivity index (χ2v) is 3.90. The van der Waals surface area contributed by atoms with Crippen LogP contribution in [0.25, 0.3) is 0 Å². The maximum atomic E-state index is 13.2. The van der Waals surface area contributed by atoms with Crippen LogP contribution in [0.3, 0.4) is 0 Å². The van der Waals surface area contributed by atoms with Gasteiger partial charge in [-0.1, -0.05) is 6.92 Å². The van der Waals surface area contributed by atoms with Crippen molar-refractivity contribution >= 4 is 0 Å². The van der Waals surface area contributed by atoms with Gasteiger partial charge in [-0.25, -0.2) is 8.78 Å². The van der Waals surface area contributed by atoms with Crippen molar-refractivity contribution in [3.63, 3.8) is 0 Å². The number of alkyl halides is 1. The lowest BCUT2D eigenvalue weighted by Crippen LogP contribution is -2.41. The number of nitrogens with zero attached hydrogens (tertiary/aromatic N) is 1. The Hall–Kier alpha value is -0.990. The summed E-state index contributed by atoms with van der Waals surface area (Å²) in [7, 11) is 0. The molecule has 1 aromatic rings. The molecule has 0 aromatic carbocycles. The molecule has 0 atom stereocenters. The van der Waals surface area contributed by atoms with Crippen LogP contribution in [-0.2, 0) is 5.41 Å². The molecule has 0 unspecified atom stereocenters. The van der Waals surface area contributed by atoms with E-state index in [0.29, 0.717) is 18.5 Å². The molecule has 3 heteroatoms. The van der Waals surface area contributed by atoms with Crippen LogP contribution in [0.2, 0.25) is 0 Å². The Labute approximate surface area is 75.8 Å². The Balaban J connectivity index is 2.31. The highest BCUT2D eigenvalue weighted by molar-refractivity contribution is 5.22. The van der Waals surface area contributed by atoms with E-state index >= 15 is 0 Å². The van der Waals surface area contributed by atoms with Crippen LogP contribution in [0.4, 0.5) is 8.78 Å². The molecule has 70 valence electrons. The van der Waals surface area contributed by atoms with E-state index in [1.807, 2.05) is 6.92 Å². The van der Waals surface area contributed by atoms with Crippen molar-refractivity contribution in [3.05, 3.63) is 29.8 Å². The first-order valence-corrected chi connectivity index (χ1v) is 4.37. The molecule has 1 aliphatic carbocycles. The van der Waals surface area contributed by atoms with Crippen LogP contribution < -0.4 is 0 Å². The number of halogens is 2. The summed E-state index contributed by atoms with van der Waals surface area (Å²) in [5.74, 6) is -0.322. The molecule has 0 aliphatic heterocycles. The molecule has 0 saturated heterocycles. The van der Waals surface area contributed by atoms with E-state index < -0.39 is 6.17 Å². The van der Waals surface area contributed by atoms with E-state index in [2.05, 4.69) is 4.98 Å². The van der Waals surface area contributed by atoms with Crippen molar-refractivity contribution in [2.45, 2.75) is 31.4 Å². The molecule has 0 bridgehead atoms. The number of hydrogen-bond acceptors (Lipinski definition) is 1. The number of aromatic nitrogens is 1. The predicted molar refractivity (Wildman–Crippen MR) is 45.7 cm³/mol. The van der Waals surface area contributed by atoms with Gasteiger partial charge in [-0.05, 0) is 25.0 Å². The minimum atomic E-state index is -0.786. The Kier molecular flexibility index (Phi) is 1.82. The molecule has 0 spiro atoms.